The van der Waals surface area contributed by atoms with Crippen LogP contribution in [0.25, 0.3) is 0 Å². The van der Waals surface area contributed by atoms with E-state index in [9.17, 15) is 24.3 Å². The van der Waals surface area contributed by atoms with Gasteiger partial charge in [-0.1, -0.05) is 87.7 Å². The molecule has 2 N–H and O–H groups in total. The smallest absolute Gasteiger partial charge is 0.313 e. The number of amides is 3. The summed E-state index contributed by atoms with van der Waals surface area (Å²) in [7, 11) is 0. The van der Waals surface area contributed by atoms with Crippen molar-refractivity contribution in [1.29, 1.82) is 0 Å². The van der Waals surface area contributed by atoms with Gasteiger partial charge in [-0.3, -0.25) is 19.2 Å². The number of aliphatic hydroxyl groups excluding tert-OH is 1. The van der Waals surface area contributed by atoms with Crippen LogP contribution in [0.15, 0.2) is 54.6 Å². The fourth-order valence-corrected chi connectivity index (χ4v) is 8.27. The zero-order valence-corrected chi connectivity index (χ0v) is 26.9. The number of carbonyl (C=O) groups excluding carboxylic acids is 4. The molecule has 10 heteroatoms. The molecule has 6 rings (SSSR count). The summed E-state index contributed by atoms with van der Waals surface area (Å²) in [5.41, 5.74) is -0.635. The highest BCUT2D eigenvalue weighted by Gasteiger charge is 2.74. The molecule has 5 aliphatic rings. The van der Waals surface area contributed by atoms with Crippen molar-refractivity contribution in [2.45, 2.75) is 101 Å². The summed E-state index contributed by atoms with van der Waals surface area (Å²) in [4.78, 5) is 60.0. The molecule has 1 spiro atoms. The fraction of sp³-hybridized carbons (Fsp3) is 0.611. The fourth-order valence-electron chi connectivity index (χ4n) is 8.27. The average Bonchev–Trinajstić information content (AvgIpc) is 3.71. The quantitative estimate of drug-likeness (QED) is 0.363. The minimum atomic E-state index is -1.35. The Morgan fingerprint density at radius 3 is 2.50 bits per heavy atom. The number of nitrogens with one attached hydrogen (secondary N) is 1. The Bertz CT molecular complexity index is 1360. The van der Waals surface area contributed by atoms with E-state index in [1.165, 1.54) is 0 Å². The number of nitrogens with zero attached hydrogens (tertiary/aromatic N) is 2. The van der Waals surface area contributed by atoms with E-state index >= 15 is 0 Å². The van der Waals surface area contributed by atoms with E-state index in [0.717, 1.165) is 37.7 Å². The largest absolute Gasteiger partial charge is 0.455 e. The molecule has 46 heavy (non-hydrogen) atoms. The zero-order valence-electron chi connectivity index (χ0n) is 26.9. The highest BCUT2D eigenvalue weighted by Crippen LogP contribution is 2.56. The third-order valence-corrected chi connectivity index (χ3v) is 10.4. The molecule has 2 saturated heterocycles. The summed E-state index contributed by atoms with van der Waals surface area (Å²) in [5, 5.41) is 13.6. The van der Waals surface area contributed by atoms with Gasteiger partial charge in [0.2, 0.25) is 17.7 Å². The lowest BCUT2D eigenvalue weighted by atomic mass is 9.74. The maximum Gasteiger partial charge on any atom is 0.313 e. The summed E-state index contributed by atoms with van der Waals surface area (Å²) in [6.07, 6.45) is 12.1. The molecule has 10 nitrogen and oxygen atoms in total. The third kappa shape index (κ3) is 6.01. The van der Waals surface area contributed by atoms with Crippen LogP contribution in [-0.2, 0) is 28.7 Å². The molecule has 3 amide bonds. The molecule has 1 aromatic rings. The molecule has 4 heterocycles. The van der Waals surface area contributed by atoms with Gasteiger partial charge in [0.15, 0.2) is 0 Å². The van der Waals surface area contributed by atoms with Crippen LogP contribution >= 0.6 is 0 Å². The maximum atomic E-state index is 15.0. The Labute approximate surface area is 271 Å². The van der Waals surface area contributed by atoms with Crippen LogP contribution in [0, 0.1) is 17.8 Å². The summed E-state index contributed by atoms with van der Waals surface area (Å²) < 4.78 is 12.7. The first-order chi connectivity index (χ1) is 22.2. The molecule has 5 bridgehead atoms. The summed E-state index contributed by atoms with van der Waals surface area (Å²) in [6, 6.07) is 7.57. The lowest BCUT2D eigenvalue weighted by Gasteiger charge is -2.42. The van der Waals surface area contributed by atoms with Gasteiger partial charge >= 0.3 is 5.97 Å². The number of benzene rings is 1. The standard InChI is InChI=1S/C36H47N3O7/c1-23(2)20-26(22-40)39-32-34(43)38(25-14-8-4-9-15-25)19-11-5-10-16-29(41)37-21-28(24-12-6-3-7-13-24)45-35(44)30-27-17-18-36(32,46-27)31(30)33(39)42/h3,5-7,11-13,17-18,23,25-28,30-32,40H,4,8-10,14-16,19-22H2,1-2H3,(H,37,41)/b11-5-/t26-,27-,28-,30+,31+,32-,36+/m1/s1. The van der Waals surface area contributed by atoms with E-state index in [0.29, 0.717) is 19.4 Å². The molecule has 7 atom stereocenters. The second kappa shape index (κ2) is 13.7. The lowest BCUT2D eigenvalue weighted by Crippen LogP contribution is -2.60. The van der Waals surface area contributed by atoms with Crippen molar-refractivity contribution in [3.05, 3.63) is 60.2 Å². The number of carbonyl (C=O) groups is 4. The Balaban J connectivity index is 1.43. The highest BCUT2D eigenvalue weighted by molar-refractivity contribution is 5.99. The summed E-state index contributed by atoms with van der Waals surface area (Å²) in [6.45, 7) is 4.16. The summed E-state index contributed by atoms with van der Waals surface area (Å²) >= 11 is 0. The number of esters is 1. The molecular weight excluding hydrogens is 586 g/mol. The van der Waals surface area contributed by atoms with Crippen LogP contribution in [0.5, 0.6) is 0 Å². The first-order valence-corrected chi connectivity index (χ1v) is 17.0. The van der Waals surface area contributed by atoms with Gasteiger partial charge in [-0.2, -0.15) is 0 Å². The number of allylic oxidation sites excluding steroid dienone is 1. The van der Waals surface area contributed by atoms with Crippen LogP contribution in [0.2, 0.25) is 0 Å². The van der Waals surface area contributed by atoms with E-state index in [1.54, 1.807) is 11.0 Å². The van der Waals surface area contributed by atoms with Crippen LogP contribution in [0.4, 0.5) is 0 Å². The number of likely N-dealkylation sites (tertiary alicyclic amines) is 1. The molecule has 1 aliphatic carbocycles. The van der Waals surface area contributed by atoms with Crippen molar-refractivity contribution in [2.75, 3.05) is 19.7 Å². The van der Waals surface area contributed by atoms with Gasteiger partial charge in [0.05, 0.1) is 31.2 Å². The molecule has 0 radical (unpaired) electrons. The normalized spacial score (nSPS) is 33.7. The summed E-state index contributed by atoms with van der Waals surface area (Å²) in [5.74, 6) is -3.16. The van der Waals surface area contributed by atoms with Gasteiger partial charge in [-0.05, 0) is 37.2 Å². The number of cyclic esters (lactones) is 1. The average molecular weight is 634 g/mol. The lowest BCUT2D eigenvalue weighted by molar-refractivity contribution is -0.160. The molecule has 4 aliphatic heterocycles. The maximum absolute atomic E-state index is 15.0. The topological polar surface area (TPSA) is 125 Å². The van der Waals surface area contributed by atoms with Gasteiger partial charge in [-0.25, -0.2) is 0 Å². The van der Waals surface area contributed by atoms with Gasteiger partial charge in [0.25, 0.3) is 0 Å². The number of hydrogen-bond donors (Lipinski definition) is 2. The van der Waals surface area contributed by atoms with E-state index < -0.39 is 47.7 Å². The van der Waals surface area contributed by atoms with Crippen molar-refractivity contribution in [1.82, 2.24) is 15.1 Å². The highest BCUT2D eigenvalue weighted by atomic mass is 16.6. The van der Waals surface area contributed by atoms with E-state index in [4.69, 9.17) is 9.47 Å². The van der Waals surface area contributed by atoms with Crippen LogP contribution in [0.3, 0.4) is 0 Å². The van der Waals surface area contributed by atoms with E-state index in [-0.39, 0.29) is 49.3 Å². The molecule has 0 unspecified atom stereocenters. The Morgan fingerprint density at radius 1 is 1.02 bits per heavy atom. The van der Waals surface area contributed by atoms with Gasteiger partial charge in [0.1, 0.15) is 23.7 Å². The van der Waals surface area contributed by atoms with Crippen molar-refractivity contribution in [3.63, 3.8) is 0 Å². The van der Waals surface area contributed by atoms with E-state index in [1.807, 2.05) is 67.3 Å². The van der Waals surface area contributed by atoms with Crippen molar-refractivity contribution >= 4 is 23.7 Å². The van der Waals surface area contributed by atoms with Crippen molar-refractivity contribution in [3.8, 4) is 0 Å². The van der Waals surface area contributed by atoms with Gasteiger partial charge < -0.3 is 29.7 Å². The third-order valence-electron chi connectivity index (χ3n) is 10.4. The monoisotopic (exact) mass is 633 g/mol. The molecule has 1 saturated carbocycles. The van der Waals surface area contributed by atoms with Crippen LogP contribution < -0.4 is 5.32 Å². The molecule has 3 fully saturated rings. The minimum absolute atomic E-state index is 0.00339. The minimum Gasteiger partial charge on any atom is -0.455 e. The molecule has 1 aromatic carbocycles. The van der Waals surface area contributed by atoms with Gasteiger partial charge in [-0.15, -0.1) is 0 Å². The molecule has 248 valence electrons. The van der Waals surface area contributed by atoms with Crippen molar-refractivity contribution < 1.29 is 33.8 Å². The van der Waals surface area contributed by atoms with Gasteiger partial charge in [0, 0.05) is 19.0 Å². The van der Waals surface area contributed by atoms with E-state index in [2.05, 4.69) is 5.32 Å². The number of ether oxygens (including phenoxy) is 2. The SMILES string of the molecule is CC(C)C[C@H](CO)N1C(=O)[C@@H]2[C@H]3C(=O)O[C@@H](c4ccccc4)CNC(=O)CC/C=C\CN(C4CCCCC4)C(=O)[C@@H]1[C@]21C=C[C@H]3O1. The first-order valence-electron chi connectivity index (χ1n) is 17.0. The Kier molecular flexibility index (Phi) is 9.66. The predicted molar refractivity (Wildman–Crippen MR) is 170 cm³/mol. The zero-order chi connectivity index (χ0) is 32.4. The molecule has 0 aromatic heterocycles. The Morgan fingerprint density at radius 2 is 1.78 bits per heavy atom. The second-order valence-electron chi connectivity index (χ2n) is 13.8. The number of hydrogen-bond acceptors (Lipinski definition) is 7. The number of rotatable bonds is 6. The number of fused-ring (bicyclic) bond motifs is 2. The second-order valence-corrected chi connectivity index (χ2v) is 13.8. The Hall–Kier alpha value is -3.50. The van der Waals surface area contributed by atoms with Crippen LogP contribution in [0.1, 0.15) is 76.9 Å². The first kappa shape index (κ1) is 32.4. The number of aliphatic hydroxyl groups is 1. The predicted octanol–water partition coefficient (Wildman–Crippen LogP) is 3.46. The van der Waals surface area contributed by atoms with Crippen LogP contribution in [-0.4, -0.2) is 88.1 Å². The van der Waals surface area contributed by atoms with Crippen molar-refractivity contribution in [2.24, 2.45) is 17.8 Å². The molecular formula is C36H47N3O7.